The summed E-state index contributed by atoms with van der Waals surface area (Å²) in [5.41, 5.74) is 8.00. The lowest BCUT2D eigenvalue weighted by Crippen LogP contribution is -2.26. The molecule has 1 amide bonds. The normalized spacial score (nSPS) is 18.8. The smallest absolute Gasteiger partial charge is 0.251 e. The zero-order valence-electron chi connectivity index (χ0n) is 10.7. The topological polar surface area (TPSA) is 64.4 Å². The fourth-order valence-corrected chi connectivity index (χ4v) is 2.25. The average Bonchev–Trinajstić information content (AvgIpc) is 2.80. The quantitative estimate of drug-likeness (QED) is 0.798. The third kappa shape index (κ3) is 3.47. The molecule has 4 heteroatoms. The van der Waals surface area contributed by atoms with Gasteiger partial charge >= 0.3 is 0 Å². The van der Waals surface area contributed by atoms with Gasteiger partial charge < -0.3 is 15.8 Å². The van der Waals surface area contributed by atoms with Crippen molar-refractivity contribution in [2.45, 2.75) is 19.8 Å². The van der Waals surface area contributed by atoms with Gasteiger partial charge in [-0.15, -0.1) is 0 Å². The maximum absolute atomic E-state index is 11.9. The van der Waals surface area contributed by atoms with Gasteiger partial charge in [-0.2, -0.15) is 0 Å². The van der Waals surface area contributed by atoms with Crippen molar-refractivity contribution in [2.75, 3.05) is 25.5 Å². The van der Waals surface area contributed by atoms with E-state index in [1.165, 1.54) is 0 Å². The van der Waals surface area contributed by atoms with Crippen LogP contribution < -0.4 is 11.1 Å². The number of rotatable bonds is 4. The second-order valence-electron chi connectivity index (χ2n) is 4.91. The third-order valence-corrected chi connectivity index (χ3v) is 3.22. The van der Waals surface area contributed by atoms with Crippen LogP contribution in [0.15, 0.2) is 18.2 Å². The minimum atomic E-state index is -0.0516. The molecule has 1 heterocycles. The first-order valence-corrected chi connectivity index (χ1v) is 6.38. The first kappa shape index (κ1) is 12.9. The van der Waals surface area contributed by atoms with Crippen molar-refractivity contribution in [3.8, 4) is 0 Å². The van der Waals surface area contributed by atoms with E-state index in [1.807, 2.05) is 19.1 Å². The van der Waals surface area contributed by atoms with Crippen LogP contribution in [-0.4, -0.2) is 25.7 Å². The van der Waals surface area contributed by atoms with Crippen molar-refractivity contribution >= 4 is 11.6 Å². The van der Waals surface area contributed by atoms with Crippen molar-refractivity contribution in [1.29, 1.82) is 0 Å². The highest BCUT2D eigenvalue weighted by atomic mass is 16.5. The molecule has 18 heavy (non-hydrogen) atoms. The Bertz CT molecular complexity index is 406. The number of hydrogen-bond donors (Lipinski definition) is 2. The van der Waals surface area contributed by atoms with Gasteiger partial charge in [0.05, 0.1) is 0 Å². The fourth-order valence-electron chi connectivity index (χ4n) is 2.25. The van der Waals surface area contributed by atoms with Crippen LogP contribution in [0.25, 0.3) is 0 Å². The Morgan fingerprint density at radius 1 is 1.50 bits per heavy atom. The molecule has 0 bridgehead atoms. The lowest BCUT2D eigenvalue weighted by atomic mass is 10.1. The van der Waals surface area contributed by atoms with Gasteiger partial charge in [0.1, 0.15) is 0 Å². The summed E-state index contributed by atoms with van der Waals surface area (Å²) in [7, 11) is 0. The van der Waals surface area contributed by atoms with Crippen LogP contribution >= 0.6 is 0 Å². The van der Waals surface area contributed by atoms with E-state index in [0.29, 0.717) is 23.7 Å². The Kier molecular flexibility index (Phi) is 4.20. The van der Waals surface area contributed by atoms with E-state index in [2.05, 4.69) is 5.32 Å². The highest BCUT2D eigenvalue weighted by Crippen LogP contribution is 2.15. The Morgan fingerprint density at radius 3 is 3.00 bits per heavy atom. The predicted molar refractivity (Wildman–Crippen MR) is 71.5 cm³/mol. The summed E-state index contributed by atoms with van der Waals surface area (Å²) in [6, 6.07) is 5.41. The Balaban J connectivity index is 1.83. The number of ether oxygens (including phenoxy) is 1. The summed E-state index contributed by atoms with van der Waals surface area (Å²) in [5.74, 6) is 0.539. The van der Waals surface area contributed by atoms with Crippen molar-refractivity contribution < 1.29 is 9.53 Å². The molecule has 0 spiro atoms. The molecule has 4 nitrogen and oxygen atoms in total. The molecule has 0 aliphatic carbocycles. The van der Waals surface area contributed by atoms with Crippen molar-refractivity contribution in [1.82, 2.24) is 5.32 Å². The Labute approximate surface area is 108 Å². The summed E-state index contributed by atoms with van der Waals surface area (Å²) in [4.78, 5) is 11.9. The molecular weight excluding hydrogens is 228 g/mol. The molecule has 1 unspecified atom stereocenters. The van der Waals surface area contributed by atoms with Crippen molar-refractivity contribution in [3.05, 3.63) is 29.3 Å². The van der Waals surface area contributed by atoms with E-state index < -0.39 is 0 Å². The van der Waals surface area contributed by atoms with Gasteiger partial charge in [0.2, 0.25) is 0 Å². The minimum absolute atomic E-state index is 0.0516. The predicted octanol–water partition coefficient (Wildman–Crippen LogP) is 1.73. The van der Waals surface area contributed by atoms with Gasteiger partial charge in [0.25, 0.3) is 5.91 Å². The van der Waals surface area contributed by atoms with E-state index in [-0.39, 0.29) is 5.91 Å². The van der Waals surface area contributed by atoms with Crippen LogP contribution in [0.3, 0.4) is 0 Å². The lowest BCUT2D eigenvalue weighted by molar-refractivity contribution is 0.0950. The zero-order valence-corrected chi connectivity index (χ0v) is 10.7. The summed E-state index contributed by atoms with van der Waals surface area (Å²) in [6.45, 7) is 4.31. The summed E-state index contributed by atoms with van der Waals surface area (Å²) in [5, 5.41) is 2.93. The number of nitrogen functional groups attached to an aromatic ring is 1. The SMILES string of the molecule is Cc1cc(N)cc(C(=O)NCCC2CCOC2)c1. The standard InChI is InChI=1S/C14H20N2O2/c1-10-6-12(8-13(15)7-10)14(17)16-4-2-11-3-5-18-9-11/h6-8,11H,2-5,9,15H2,1H3,(H,16,17). The van der Waals surface area contributed by atoms with E-state index in [4.69, 9.17) is 10.5 Å². The van der Waals surface area contributed by atoms with Gasteiger partial charge in [-0.05, 0) is 49.4 Å². The summed E-state index contributed by atoms with van der Waals surface area (Å²) in [6.07, 6.45) is 2.08. The molecule has 98 valence electrons. The number of nitrogens with two attached hydrogens (primary N) is 1. The minimum Gasteiger partial charge on any atom is -0.399 e. The highest BCUT2D eigenvalue weighted by molar-refractivity contribution is 5.95. The highest BCUT2D eigenvalue weighted by Gasteiger charge is 2.15. The molecule has 1 fully saturated rings. The molecule has 1 aromatic carbocycles. The molecule has 1 aromatic rings. The van der Waals surface area contributed by atoms with Crippen LogP contribution in [0.5, 0.6) is 0 Å². The molecule has 1 atom stereocenters. The lowest BCUT2D eigenvalue weighted by Gasteiger charge is -2.09. The van der Waals surface area contributed by atoms with E-state index >= 15 is 0 Å². The molecule has 0 radical (unpaired) electrons. The van der Waals surface area contributed by atoms with Crippen LogP contribution in [0.1, 0.15) is 28.8 Å². The maximum Gasteiger partial charge on any atom is 0.251 e. The Morgan fingerprint density at radius 2 is 2.33 bits per heavy atom. The molecule has 2 rings (SSSR count). The van der Waals surface area contributed by atoms with Crippen LogP contribution in [0, 0.1) is 12.8 Å². The first-order valence-electron chi connectivity index (χ1n) is 6.38. The number of carbonyl (C=O) groups is 1. The van der Waals surface area contributed by atoms with Gasteiger partial charge in [0, 0.05) is 31.0 Å². The molecule has 0 saturated carbocycles. The van der Waals surface area contributed by atoms with Crippen molar-refractivity contribution in [2.24, 2.45) is 5.92 Å². The molecule has 3 N–H and O–H groups in total. The summed E-state index contributed by atoms with van der Waals surface area (Å²) < 4.78 is 5.30. The van der Waals surface area contributed by atoms with Gasteiger partial charge in [-0.3, -0.25) is 4.79 Å². The maximum atomic E-state index is 11.9. The largest absolute Gasteiger partial charge is 0.399 e. The fraction of sp³-hybridized carbons (Fsp3) is 0.500. The first-order chi connectivity index (χ1) is 8.65. The number of hydrogen-bond acceptors (Lipinski definition) is 3. The van der Waals surface area contributed by atoms with E-state index in [1.54, 1.807) is 6.07 Å². The van der Waals surface area contributed by atoms with Gasteiger partial charge in [0.15, 0.2) is 0 Å². The molecule has 0 aromatic heterocycles. The molecular formula is C14H20N2O2. The number of nitrogens with one attached hydrogen (secondary N) is 1. The van der Waals surface area contributed by atoms with Crippen LogP contribution in [0.2, 0.25) is 0 Å². The molecule has 1 aliphatic heterocycles. The average molecular weight is 248 g/mol. The third-order valence-electron chi connectivity index (χ3n) is 3.22. The monoisotopic (exact) mass is 248 g/mol. The number of amides is 1. The number of anilines is 1. The molecule has 1 saturated heterocycles. The van der Waals surface area contributed by atoms with Crippen LogP contribution in [0.4, 0.5) is 5.69 Å². The number of carbonyl (C=O) groups excluding carboxylic acids is 1. The van der Waals surface area contributed by atoms with E-state index in [9.17, 15) is 4.79 Å². The van der Waals surface area contributed by atoms with Gasteiger partial charge in [-0.1, -0.05) is 0 Å². The second-order valence-corrected chi connectivity index (χ2v) is 4.91. The van der Waals surface area contributed by atoms with Crippen LogP contribution in [-0.2, 0) is 4.74 Å². The zero-order chi connectivity index (χ0) is 13.0. The second kappa shape index (κ2) is 5.87. The van der Waals surface area contributed by atoms with E-state index in [0.717, 1.165) is 31.6 Å². The summed E-state index contributed by atoms with van der Waals surface area (Å²) >= 11 is 0. The number of aryl methyl sites for hydroxylation is 1. The Hall–Kier alpha value is -1.55. The number of benzene rings is 1. The molecule has 1 aliphatic rings. The van der Waals surface area contributed by atoms with Gasteiger partial charge in [-0.25, -0.2) is 0 Å². The van der Waals surface area contributed by atoms with Crippen molar-refractivity contribution in [3.63, 3.8) is 0 Å².